The maximum absolute atomic E-state index is 10.7. The Bertz CT molecular complexity index is 584. The number of benzene rings is 1. The van der Waals surface area contributed by atoms with Crippen LogP contribution >= 0.6 is 0 Å². The molecule has 8 nitrogen and oxygen atoms in total. The van der Waals surface area contributed by atoms with Gasteiger partial charge in [-0.1, -0.05) is 39.8 Å². The summed E-state index contributed by atoms with van der Waals surface area (Å²) in [5.74, 6) is 0. The van der Waals surface area contributed by atoms with Crippen LogP contribution in [0.25, 0.3) is 0 Å². The molecule has 0 saturated carbocycles. The summed E-state index contributed by atoms with van der Waals surface area (Å²) in [4.78, 5) is -1.69. The molecule has 0 aliphatic carbocycles. The third-order valence-electron chi connectivity index (χ3n) is 2.40. The maximum Gasteiger partial charge on any atom is 0.295 e. The molecule has 0 fully saturated rings. The van der Waals surface area contributed by atoms with Crippen molar-refractivity contribution in [1.29, 1.82) is 0 Å². The van der Waals surface area contributed by atoms with Gasteiger partial charge in [-0.15, -0.1) is 0 Å². The van der Waals surface area contributed by atoms with Crippen LogP contribution in [0.1, 0.15) is 27.7 Å². The normalized spacial score (nSPS) is 10.9. The summed E-state index contributed by atoms with van der Waals surface area (Å²) < 4.78 is 60.0. The molecule has 0 aromatic heterocycles. The molecule has 24 heavy (non-hydrogen) atoms. The van der Waals surface area contributed by atoms with Gasteiger partial charge in [0.05, 0.1) is 0 Å². The average Bonchev–Trinajstić information content (AvgIpc) is 2.48. The van der Waals surface area contributed by atoms with E-state index in [0.717, 1.165) is 38.3 Å². The van der Waals surface area contributed by atoms with E-state index in [0.29, 0.717) is 0 Å². The van der Waals surface area contributed by atoms with Crippen molar-refractivity contribution < 1.29 is 25.9 Å². The SMILES string of the molecule is CCNCC.CCNCC.O=S(=O)(O)c1ccccc1S(=O)(=O)O. The van der Waals surface area contributed by atoms with E-state index in [2.05, 4.69) is 38.3 Å². The van der Waals surface area contributed by atoms with E-state index in [9.17, 15) is 16.8 Å². The molecule has 0 spiro atoms. The van der Waals surface area contributed by atoms with Crippen LogP contribution in [0, 0.1) is 0 Å². The molecule has 0 unspecified atom stereocenters. The van der Waals surface area contributed by atoms with Crippen LogP contribution in [-0.4, -0.2) is 52.1 Å². The van der Waals surface area contributed by atoms with E-state index >= 15 is 0 Å². The van der Waals surface area contributed by atoms with Crippen molar-refractivity contribution in [3.05, 3.63) is 24.3 Å². The fourth-order valence-electron chi connectivity index (χ4n) is 1.38. The Morgan fingerprint density at radius 3 is 1.08 bits per heavy atom. The number of nitrogens with one attached hydrogen (secondary N) is 2. The van der Waals surface area contributed by atoms with Gasteiger partial charge in [-0.3, -0.25) is 9.11 Å². The summed E-state index contributed by atoms with van der Waals surface area (Å²) in [6, 6.07) is 4.19. The summed E-state index contributed by atoms with van der Waals surface area (Å²) >= 11 is 0. The van der Waals surface area contributed by atoms with E-state index in [1.54, 1.807) is 0 Å². The molecule has 4 N–H and O–H groups in total. The van der Waals surface area contributed by atoms with Crippen molar-refractivity contribution in [2.75, 3.05) is 26.2 Å². The first-order valence-corrected chi connectivity index (χ1v) is 10.4. The van der Waals surface area contributed by atoms with Crippen LogP contribution in [0.3, 0.4) is 0 Å². The molecule has 0 atom stereocenters. The highest BCUT2D eigenvalue weighted by atomic mass is 32.2. The first-order chi connectivity index (χ1) is 11.1. The smallest absolute Gasteiger partial charge is 0.295 e. The highest BCUT2D eigenvalue weighted by Crippen LogP contribution is 2.19. The van der Waals surface area contributed by atoms with Crippen molar-refractivity contribution in [3.63, 3.8) is 0 Å². The minimum atomic E-state index is -4.66. The number of hydrogen-bond acceptors (Lipinski definition) is 6. The van der Waals surface area contributed by atoms with E-state index in [1.807, 2.05) is 0 Å². The first-order valence-electron chi connectivity index (χ1n) is 7.51. The predicted octanol–water partition coefficient (Wildman–Crippen LogP) is 1.41. The van der Waals surface area contributed by atoms with Crippen LogP contribution in [0.15, 0.2) is 34.1 Å². The zero-order valence-corrected chi connectivity index (χ0v) is 16.1. The fraction of sp³-hybridized carbons (Fsp3) is 0.571. The van der Waals surface area contributed by atoms with Gasteiger partial charge in [-0.25, -0.2) is 0 Å². The van der Waals surface area contributed by atoms with E-state index in [1.165, 1.54) is 12.1 Å². The Kier molecular flexibility index (Phi) is 13.9. The van der Waals surface area contributed by atoms with Gasteiger partial charge < -0.3 is 10.6 Å². The minimum Gasteiger partial charge on any atom is -0.317 e. The lowest BCUT2D eigenvalue weighted by atomic mass is 10.4. The van der Waals surface area contributed by atoms with Crippen LogP contribution in [0.4, 0.5) is 0 Å². The van der Waals surface area contributed by atoms with Crippen molar-refractivity contribution in [2.45, 2.75) is 37.5 Å². The first kappa shape index (κ1) is 25.2. The van der Waals surface area contributed by atoms with Gasteiger partial charge in [-0.05, 0) is 38.3 Å². The van der Waals surface area contributed by atoms with Gasteiger partial charge in [-0.2, -0.15) is 16.8 Å². The summed E-state index contributed by atoms with van der Waals surface area (Å²) in [5.41, 5.74) is 0. The molecule has 1 aromatic rings. The Hall–Kier alpha value is -1.04. The van der Waals surface area contributed by atoms with Gasteiger partial charge in [0.2, 0.25) is 0 Å². The van der Waals surface area contributed by atoms with Crippen molar-refractivity contribution >= 4 is 20.2 Å². The van der Waals surface area contributed by atoms with Crippen LogP contribution in [-0.2, 0) is 20.2 Å². The highest BCUT2D eigenvalue weighted by molar-refractivity contribution is 7.89. The molecule has 1 aromatic carbocycles. The molecule has 0 aliphatic rings. The monoisotopic (exact) mass is 384 g/mol. The second-order valence-electron chi connectivity index (χ2n) is 4.31. The number of hydrogen-bond donors (Lipinski definition) is 4. The molecular formula is C14H28N2O6S2. The van der Waals surface area contributed by atoms with Crippen molar-refractivity contribution in [2.24, 2.45) is 0 Å². The second kappa shape index (κ2) is 13.3. The summed E-state index contributed by atoms with van der Waals surface area (Å²) in [6.07, 6.45) is 0. The molecule has 0 aliphatic heterocycles. The molecule has 1 rings (SSSR count). The third kappa shape index (κ3) is 12.4. The largest absolute Gasteiger partial charge is 0.317 e. The van der Waals surface area contributed by atoms with E-state index < -0.39 is 30.0 Å². The zero-order chi connectivity index (χ0) is 19.2. The Labute approximate surface area is 145 Å². The summed E-state index contributed by atoms with van der Waals surface area (Å²) in [7, 11) is -9.31. The van der Waals surface area contributed by atoms with Gasteiger partial charge in [0.25, 0.3) is 20.2 Å². The molecule has 142 valence electrons. The quantitative estimate of drug-likeness (QED) is 0.541. The lowest BCUT2D eigenvalue weighted by molar-refractivity contribution is 0.466. The molecule has 0 heterocycles. The molecule has 0 saturated heterocycles. The average molecular weight is 385 g/mol. The molecular weight excluding hydrogens is 356 g/mol. The maximum atomic E-state index is 10.7. The van der Waals surface area contributed by atoms with Crippen LogP contribution in [0.2, 0.25) is 0 Å². The lowest BCUT2D eigenvalue weighted by Crippen LogP contribution is -2.09. The van der Waals surface area contributed by atoms with Gasteiger partial charge in [0.15, 0.2) is 0 Å². The topological polar surface area (TPSA) is 133 Å². The van der Waals surface area contributed by atoms with Gasteiger partial charge in [0, 0.05) is 0 Å². The van der Waals surface area contributed by atoms with Crippen LogP contribution in [0.5, 0.6) is 0 Å². The van der Waals surface area contributed by atoms with Crippen molar-refractivity contribution in [3.8, 4) is 0 Å². The van der Waals surface area contributed by atoms with Crippen molar-refractivity contribution in [1.82, 2.24) is 10.6 Å². The highest BCUT2D eigenvalue weighted by Gasteiger charge is 2.22. The lowest BCUT2D eigenvalue weighted by Gasteiger charge is -2.02. The minimum absolute atomic E-state index is 0.845. The van der Waals surface area contributed by atoms with Gasteiger partial charge in [0.1, 0.15) is 9.79 Å². The van der Waals surface area contributed by atoms with E-state index in [4.69, 9.17) is 9.11 Å². The molecule has 10 heteroatoms. The third-order valence-corrected chi connectivity index (χ3v) is 4.36. The zero-order valence-electron chi connectivity index (χ0n) is 14.5. The molecule has 0 bridgehead atoms. The Morgan fingerprint density at radius 1 is 0.708 bits per heavy atom. The van der Waals surface area contributed by atoms with Gasteiger partial charge >= 0.3 is 0 Å². The Balaban J connectivity index is 0. The molecule has 0 amide bonds. The summed E-state index contributed by atoms with van der Waals surface area (Å²) in [5, 5.41) is 6.22. The van der Waals surface area contributed by atoms with Crippen LogP contribution < -0.4 is 10.6 Å². The fourth-order valence-corrected chi connectivity index (χ4v) is 3.15. The second-order valence-corrected chi connectivity index (χ2v) is 7.09. The van der Waals surface area contributed by atoms with E-state index in [-0.39, 0.29) is 0 Å². The molecule has 0 radical (unpaired) electrons. The Morgan fingerprint density at radius 2 is 0.958 bits per heavy atom. The predicted molar refractivity (Wildman–Crippen MR) is 94.5 cm³/mol. The standard InChI is InChI=1S/C6H6O6S2.2C4H11N/c7-13(8,9)5-3-1-2-4-6(5)14(10,11)12;2*1-3-5-4-2/h1-4H,(H,7,8,9)(H,10,11,12);2*5H,3-4H2,1-2H3. The summed E-state index contributed by atoms with van der Waals surface area (Å²) in [6.45, 7) is 12.8. The number of rotatable bonds is 6.